The second-order valence-corrected chi connectivity index (χ2v) is 2.66. The van der Waals surface area contributed by atoms with Gasteiger partial charge in [0.25, 0.3) is 5.91 Å². The number of nitrogens with zero attached hydrogens (tertiary/aromatic N) is 1. The summed E-state index contributed by atoms with van der Waals surface area (Å²) >= 11 is 5.44. The van der Waals surface area contributed by atoms with Crippen molar-refractivity contribution in [3.05, 3.63) is 18.0 Å². The van der Waals surface area contributed by atoms with Gasteiger partial charge in [-0.15, -0.1) is 11.6 Å². The fourth-order valence-corrected chi connectivity index (χ4v) is 0.879. The van der Waals surface area contributed by atoms with Gasteiger partial charge < -0.3 is 5.32 Å². The molecule has 66 valence electrons. The minimum absolute atomic E-state index is 0.117. The molecule has 5 heteroatoms. The third-order valence-electron chi connectivity index (χ3n) is 1.36. The van der Waals surface area contributed by atoms with Crippen molar-refractivity contribution < 1.29 is 4.79 Å². The SMILES string of the molecule is O=C(NCCCCl)c1cn[nH]c1. The molecule has 0 aromatic carbocycles. The van der Waals surface area contributed by atoms with Gasteiger partial charge >= 0.3 is 0 Å². The topological polar surface area (TPSA) is 57.8 Å². The van der Waals surface area contributed by atoms with Gasteiger partial charge in [-0.05, 0) is 6.42 Å². The molecule has 0 spiro atoms. The van der Waals surface area contributed by atoms with E-state index in [9.17, 15) is 4.79 Å². The van der Waals surface area contributed by atoms with Crippen LogP contribution in [0.1, 0.15) is 16.8 Å². The first-order valence-corrected chi connectivity index (χ1v) is 4.21. The minimum Gasteiger partial charge on any atom is -0.352 e. The second kappa shape index (κ2) is 4.77. The van der Waals surface area contributed by atoms with E-state index in [2.05, 4.69) is 15.5 Å². The van der Waals surface area contributed by atoms with E-state index in [4.69, 9.17) is 11.6 Å². The molecule has 0 radical (unpaired) electrons. The molecular formula is C7H10ClN3O. The van der Waals surface area contributed by atoms with Crippen LogP contribution in [0.5, 0.6) is 0 Å². The number of carbonyl (C=O) groups excluding carboxylic acids is 1. The molecule has 1 aromatic heterocycles. The monoisotopic (exact) mass is 187 g/mol. The zero-order valence-electron chi connectivity index (χ0n) is 6.51. The molecule has 0 saturated carbocycles. The fourth-order valence-electron chi connectivity index (χ4n) is 0.746. The number of carbonyl (C=O) groups is 1. The number of nitrogens with one attached hydrogen (secondary N) is 2. The molecule has 0 unspecified atom stereocenters. The predicted octanol–water partition coefficient (Wildman–Crippen LogP) is 0.768. The van der Waals surface area contributed by atoms with E-state index in [0.717, 1.165) is 6.42 Å². The summed E-state index contributed by atoms with van der Waals surface area (Å²) in [6.07, 6.45) is 3.82. The number of aromatic nitrogens is 2. The maximum absolute atomic E-state index is 11.2. The summed E-state index contributed by atoms with van der Waals surface area (Å²) in [5.74, 6) is 0.444. The van der Waals surface area contributed by atoms with Gasteiger partial charge in [0.1, 0.15) is 0 Å². The molecule has 1 aromatic rings. The molecule has 0 aliphatic heterocycles. The lowest BCUT2D eigenvalue weighted by Gasteiger charge is -1.99. The van der Waals surface area contributed by atoms with Gasteiger partial charge in [0.05, 0.1) is 11.8 Å². The van der Waals surface area contributed by atoms with Crippen LogP contribution in [0, 0.1) is 0 Å². The number of halogens is 1. The molecule has 2 N–H and O–H groups in total. The zero-order chi connectivity index (χ0) is 8.81. The van der Waals surface area contributed by atoms with Crippen LogP contribution in [0.15, 0.2) is 12.4 Å². The Hall–Kier alpha value is -1.03. The van der Waals surface area contributed by atoms with Gasteiger partial charge in [-0.3, -0.25) is 9.89 Å². The first kappa shape index (κ1) is 9.06. The molecule has 0 bridgehead atoms. The van der Waals surface area contributed by atoms with Gasteiger partial charge in [0, 0.05) is 18.6 Å². The maximum atomic E-state index is 11.2. The lowest BCUT2D eigenvalue weighted by atomic mass is 10.3. The summed E-state index contributed by atoms with van der Waals surface area (Å²) in [6, 6.07) is 0. The van der Waals surface area contributed by atoms with Crippen molar-refractivity contribution >= 4 is 17.5 Å². The smallest absolute Gasteiger partial charge is 0.254 e. The average molecular weight is 188 g/mol. The van der Waals surface area contributed by atoms with E-state index in [1.54, 1.807) is 6.20 Å². The van der Waals surface area contributed by atoms with Crippen molar-refractivity contribution in [2.24, 2.45) is 0 Å². The highest BCUT2D eigenvalue weighted by molar-refractivity contribution is 6.17. The molecule has 12 heavy (non-hydrogen) atoms. The van der Waals surface area contributed by atoms with Crippen molar-refractivity contribution in [2.75, 3.05) is 12.4 Å². The van der Waals surface area contributed by atoms with Crippen molar-refractivity contribution in [1.82, 2.24) is 15.5 Å². The van der Waals surface area contributed by atoms with E-state index in [-0.39, 0.29) is 5.91 Å². The van der Waals surface area contributed by atoms with Gasteiger partial charge in [0.15, 0.2) is 0 Å². The number of hydrogen-bond acceptors (Lipinski definition) is 2. The Kier molecular flexibility index (Phi) is 3.60. The Labute approximate surface area is 75.3 Å². The first-order chi connectivity index (χ1) is 5.84. The average Bonchev–Trinajstić information content (AvgIpc) is 2.56. The molecule has 1 amide bonds. The van der Waals surface area contributed by atoms with E-state index in [1.165, 1.54) is 6.20 Å². The van der Waals surface area contributed by atoms with Crippen LogP contribution in [0.4, 0.5) is 0 Å². The first-order valence-electron chi connectivity index (χ1n) is 3.67. The Morgan fingerprint density at radius 1 is 1.75 bits per heavy atom. The minimum atomic E-state index is -0.117. The third kappa shape index (κ3) is 2.54. The van der Waals surface area contributed by atoms with Crippen LogP contribution in [0.25, 0.3) is 0 Å². The third-order valence-corrected chi connectivity index (χ3v) is 1.62. The largest absolute Gasteiger partial charge is 0.352 e. The van der Waals surface area contributed by atoms with Crippen molar-refractivity contribution in [2.45, 2.75) is 6.42 Å². The highest BCUT2D eigenvalue weighted by Crippen LogP contribution is 1.92. The predicted molar refractivity (Wildman–Crippen MR) is 46.3 cm³/mol. The van der Waals surface area contributed by atoms with Crippen LogP contribution in [-0.2, 0) is 0 Å². The lowest BCUT2D eigenvalue weighted by Crippen LogP contribution is -2.24. The van der Waals surface area contributed by atoms with Crippen LogP contribution < -0.4 is 5.32 Å². The summed E-state index contributed by atoms with van der Waals surface area (Å²) in [5.41, 5.74) is 0.546. The quantitative estimate of drug-likeness (QED) is 0.541. The number of aromatic amines is 1. The Morgan fingerprint density at radius 3 is 3.17 bits per heavy atom. The summed E-state index contributed by atoms with van der Waals surface area (Å²) < 4.78 is 0. The molecule has 0 aliphatic rings. The molecule has 1 heterocycles. The maximum Gasteiger partial charge on any atom is 0.254 e. The highest BCUT2D eigenvalue weighted by Gasteiger charge is 2.03. The number of alkyl halides is 1. The summed E-state index contributed by atoms with van der Waals surface area (Å²) in [5, 5.41) is 8.93. The highest BCUT2D eigenvalue weighted by atomic mass is 35.5. The van der Waals surface area contributed by atoms with Crippen LogP contribution in [0.2, 0.25) is 0 Å². The molecular weight excluding hydrogens is 178 g/mol. The Bertz CT molecular complexity index is 235. The molecule has 4 nitrogen and oxygen atoms in total. The van der Waals surface area contributed by atoms with Gasteiger partial charge in [-0.2, -0.15) is 5.10 Å². The van der Waals surface area contributed by atoms with E-state index < -0.39 is 0 Å². The van der Waals surface area contributed by atoms with E-state index >= 15 is 0 Å². The molecule has 0 aliphatic carbocycles. The van der Waals surface area contributed by atoms with E-state index in [0.29, 0.717) is 18.0 Å². The van der Waals surface area contributed by atoms with E-state index in [1.807, 2.05) is 0 Å². The van der Waals surface area contributed by atoms with Crippen molar-refractivity contribution in [3.63, 3.8) is 0 Å². The summed E-state index contributed by atoms with van der Waals surface area (Å²) in [4.78, 5) is 11.2. The Morgan fingerprint density at radius 2 is 2.58 bits per heavy atom. The van der Waals surface area contributed by atoms with Gasteiger partial charge in [-0.25, -0.2) is 0 Å². The fraction of sp³-hybridized carbons (Fsp3) is 0.429. The second-order valence-electron chi connectivity index (χ2n) is 2.29. The summed E-state index contributed by atoms with van der Waals surface area (Å²) in [7, 11) is 0. The number of hydrogen-bond donors (Lipinski definition) is 2. The standard InChI is InChI=1S/C7H10ClN3O/c8-2-1-3-9-7(12)6-4-10-11-5-6/h4-5H,1-3H2,(H,9,12)(H,10,11). The normalized spacial score (nSPS) is 9.75. The number of H-pyrrole nitrogens is 1. The van der Waals surface area contributed by atoms with Crippen molar-refractivity contribution in [3.8, 4) is 0 Å². The van der Waals surface area contributed by atoms with Crippen LogP contribution in [0.3, 0.4) is 0 Å². The number of rotatable bonds is 4. The lowest BCUT2D eigenvalue weighted by molar-refractivity contribution is 0.0954. The molecule has 0 fully saturated rings. The van der Waals surface area contributed by atoms with Crippen LogP contribution >= 0.6 is 11.6 Å². The van der Waals surface area contributed by atoms with Gasteiger partial charge in [0.2, 0.25) is 0 Å². The number of amides is 1. The van der Waals surface area contributed by atoms with Crippen LogP contribution in [-0.4, -0.2) is 28.5 Å². The molecule has 1 rings (SSSR count). The van der Waals surface area contributed by atoms with Crippen molar-refractivity contribution in [1.29, 1.82) is 0 Å². The van der Waals surface area contributed by atoms with Gasteiger partial charge in [-0.1, -0.05) is 0 Å². The zero-order valence-corrected chi connectivity index (χ0v) is 7.27. The molecule has 0 atom stereocenters. The molecule has 0 saturated heterocycles. The Balaban J connectivity index is 2.30. The summed E-state index contributed by atoms with van der Waals surface area (Å²) in [6.45, 7) is 0.605.